The molecule has 2 bridgehead atoms. The van der Waals surface area contributed by atoms with E-state index in [4.69, 9.17) is 0 Å². The van der Waals surface area contributed by atoms with E-state index in [1.165, 1.54) is 50.7 Å². The molecule has 1 aromatic carbocycles. The molecule has 4 heteroatoms. The van der Waals surface area contributed by atoms with Crippen LogP contribution in [-0.2, 0) is 7.05 Å². The Labute approximate surface area is 173 Å². The van der Waals surface area contributed by atoms with Crippen molar-refractivity contribution >= 4 is 16.8 Å². The maximum absolute atomic E-state index is 13.6. The number of hydrogen-bond acceptors (Lipinski definition) is 2. The number of benzene rings is 1. The van der Waals surface area contributed by atoms with Crippen LogP contribution in [0.3, 0.4) is 0 Å². The zero-order valence-corrected chi connectivity index (χ0v) is 17.4. The second kappa shape index (κ2) is 6.73. The van der Waals surface area contributed by atoms with Crippen LogP contribution in [0.15, 0.2) is 42.1 Å². The number of nitrogens with zero attached hydrogens (tertiary/aromatic N) is 3. The zero-order chi connectivity index (χ0) is 19.5. The number of rotatable bonds is 1. The molecule has 4 atom stereocenters. The topological polar surface area (TPSA) is 28.5 Å². The molecular formula is C25H31N3O. The van der Waals surface area contributed by atoms with Gasteiger partial charge in [0.1, 0.15) is 0 Å². The first kappa shape index (κ1) is 17.8. The molecule has 2 aromatic rings. The molecule has 0 saturated carbocycles. The minimum atomic E-state index is 0.227. The molecule has 152 valence electrons. The first-order chi connectivity index (χ1) is 14.2. The van der Waals surface area contributed by atoms with Crippen molar-refractivity contribution in [2.45, 2.75) is 50.6 Å². The van der Waals surface area contributed by atoms with Crippen LogP contribution in [0.5, 0.6) is 0 Å². The summed E-state index contributed by atoms with van der Waals surface area (Å²) >= 11 is 0. The Morgan fingerprint density at radius 2 is 2.03 bits per heavy atom. The molecule has 1 aliphatic carbocycles. The molecule has 3 saturated heterocycles. The second-order valence-corrected chi connectivity index (χ2v) is 9.71. The van der Waals surface area contributed by atoms with Gasteiger partial charge in [0.2, 0.25) is 0 Å². The smallest absolute Gasteiger partial charge is 0.254 e. The largest absolute Gasteiger partial charge is 0.351 e. The number of piperidine rings is 3. The molecule has 4 nitrogen and oxygen atoms in total. The lowest BCUT2D eigenvalue weighted by molar-refractivity contribution is 0.00148. The van der Waals surface area contributed by atoms with Crippen molar-refractivity contribution in [1.29, 1.82) is 0 Å². The fourth-order valence-corrected chi connectivity index (χ4v) is 6.78. The zero-order valence-electron chi connectivity index (χ0n) is 17.4. The van der Waals surface area contributed by atoms with Gasteiger partial charge in [-0.3, -0.25) is 9.69 Å². The van der Waals surface area contributed by atoms with E-state index in [1.54, 1.807) is 5.57 Å². The molecule has 29 heavy (non-hydrogen) atoms. The Kier molecular flexibility index (Phi) is 4.12. The summed E-state index contributed by atoms with van der Waals surface area (Å²) in [5, 5.41) is 1.16. The molecule has 0 unspecified atom stereocenters. The van der Waals surface area contributed by atoms with Crippen LogP contribution < -0.4 is 0 Å². The van der Waals surface area contributed by atoms with Gasteiger partial charge in [-0.2, -0.15) is 0 Å². The van der Waals surface area contributed by atoms with E-state index in [-0.39, 0.29) is 5.91 Å². The van der Waals surface area contributed by atoms with Gasteiger partial charge in [-0.15, -0.1) is 0 Å². The highest BCUT2D eigenvalue weighted by molar-refractivity contribution is 5.98. The maximum atomic E-state index is 13.6. The van der Waals surface area contributed by atoms with E-state index in [0.717, 1.165) is 35.9 Å². The molecule has 1 aromatic heterocycles. The number of carbonyl (C=O) groups is 1. The molecule has 3 fully saturated rings. The summed E-state index contributed by atoms with van der Waals surface area (Å²) in [6, 6.07) is 9.40. The van der Waals surface area contributed by atoms with Gasteiger partial charge in [-0.05, 0) is 74.8 Å². The van der Waals surface area contributed by atoms with Crippen molar-refractivity contribution in [3.05, 3.63) is 47.7 Å². The molecule has 3 aliphatic heterocycles. The predicted molar refractivity (Wildman–Crippen MR) is 116 cm³/mol. The van der Waals surface area contributed by atoms with E-state index >= 15 is 0 Å². The summed E-state index contributed by atoms with van der Waals surface area (Å²) in [6.07, 6.45) is 12.3. The maximum Gasteiger partial charge on any atom is 0.254 e. The van der Waals surface area contributed by atoms with Crippen LogP contribution >= 0.6 is 0 Å². The average Bonchev–Trinajstić information content (AvgIpc) is 3.13. The van der Waals surface area contributed by atoms with Crippen LogP contribution in [0.4, 0.5) is 0 Å². The molecule has 1 amide bonds. The van der Waals surface area contributed by atoms with Crippen LogP contribution in [0.2, 0.25) is 0 Å². The Morgan fingerprint density at radius 3 is 2.97 bits per heavy atom. The van der Waals surface area contributed by atoms with E-state index in [2.05, 4.69) is 51.9 Å². The third kappa shape index (κ3) is 2.79. The molecule has 0 N–H and O–H groups in total. The van der Waals surface area contributed by atoms with Gasteiger partial charge in [0.05, 0.1) is 6.04 Å². The van der Waals surface area contributed by atoms with Crippen molar-refractivity contribution < 1.29 is 4.79 Å². The van der Waals surface area contributed by atoms with E-state index in [0.29, 0.717) is 12.0 Å². The van der Waals surface area contributed by atoms with Gasteiger partial charge < -0.3 is 9.47 Å². The predicted octanol–water partition coefficient (Wildman–Crippen LogP) is 4.21. The van der Waals surface area contributed by atoms with Gasteiger partial charge in [0.15, 0.2) is 0 Å². The Hall–Kier alpha value is -2.07. The molecule has 4 aliphatic rings. The third-order valence-electron chi connectivity index (χ3n) is 8.05. The molecule has 0 radical (unpaired) electrons. The van der Waals surface area contributed by atoms with Gasteiger partial charge in [-0.1, -0.05) is 18.1 Å². The van der Waals surface area contributed by atoms with E-state index < -0.39 is 0 Å². The summed E-state index contributed by atoms with van der Waals surface area (Å²) in [5.41, 5.74) is 3.60. The van der Waals surface area contributed by atoms with Crippen LogP contribution in [0.25, 0.3) is 10.9 Å². The Morgan fingerprint density at radius 1 is 1.10 bits per heavy atom. The number of fused-ring (bicyclic) bond motifs is 7. The van der Waals surface area contributed by atoms with Gasteiger partial charge in [0, 0.05) is 48.8 Å². The summed E-state index contributed by atoms with van der Waals surface area (Å²) in [4.78, 5) is 18.6. The fraction of sp³-hybridized carbons (Fsp3) is 0.560. The molecular weight excluding hydrogens is 358 g/mol. The second-order valence-electron chi connectivity index (χ2n) is 9.71. The van der Waals surface area contributed by atoms with Crippen LogP contribution in [0, 0.1) is 11.8 Å². The van der Waals surface area contributed by atoms with Crippen molar-refractivity contribution in [3.8, 4) is 0 Å². The minimum Gasteiger partial charge on any atom is -0.351 e. The summed E-state index contributed by atoms with van der Waals surface area (Å²) in [6.45, 7) is 3.34. The quantitative estimate of drug-likeness (QED) is 0.684. The first-order valence-electron chi connectivity index (χ1n) is 11.5. The van der Waals surface area contributed by atoms with Crippen molar-refractivity contribution in [2.24, 2.45) is 18.9 Å². The monoisotopic (exact) mass is 389 g/mol. The van der Waals surface area contributed by atoms with Crippen molar-refractivity contribution in [3.63, 3.8) is 0 Å². The van der Waals surface area contributed by atoms with Gasteiger partial charge in [0.25, 0.3) is 5.91 Å². The first-order valence-corrected chi connectivity index (χ1v) is 11.5. The molecule has 0 spiro atoms. The fourth-order valence-electron chi connectivity index (χ4n) is 6.78. The highest BCUT2D eigenvalue weighted by Crippen LogP contribution is 2.45. The lowest BCUT2D eigenvalue weighted by atomic mass is 9.68. The number of carbonyl (C=O) groups excluding carboxylic acids is 1. The number of aromatic nitrogens is 1. The number of likely N-dealkylation sites (tertiary alicyclic amines) is 1. The van der Waals surface area contributed by atoms with Crippen molar-refractivity contribution in [2.75, 3.05) is 19.6 Å². The van der Waals surface area contributed by atoms with Gasteiger partial charge >= 0.3 is 0 Å². The SMILES string of the molecule is Cn1ccc2cc(C(=O)N3CCCC4=C[C@H]5C[C@H](CN6CCCC[C@H]56)[C@H]43)ccc21. The third-order valence-corrected chi connectivity index (χ3v) is 8.05. The Balaban J connectivity index is 1.33. The van der Waals surface area contributed by atoms with E-state index in [9.17, 15) is 4.79 Å². The summed E-state index contributed by atoms with van der Waals surface area (Å²) < 4.78 is 2.11. The Bertz CT molecular complexity index is 989. The highest BCUT2D eigenvalue weighted by atomic mass is 16.2. The van der Waals surface area contributed by atoms with Crippen LogP contribution in [0.1, 0.15) is 48.9 Å². The standard InChI is InChI=1S/C25H31N3O/c1-26-12-9-17-13-19(7-8-22(17)26)25(29)28-11-4-5-18-14-20-15-21(24(18)28)16-27-10-3-2-6-23(20)27/h7-9,12-14,20-21,23-24H,2-6,10-11,15-16H2,1H3/t20-,21+,23+,24-/m0/s1. The van der Waals surface area contributed by atoms with E-state index in [1.807, 2.05) is 6.07 Å². The number of hydrogen-bond donors (Lipinski definition) is 0. The van der Waals surface area contributed by atoms with Crippen molar-refractivity contribution in [1.82, 2.24) is 14.4 Å². The number of aryl methyl sites for hydroxylation is 1. The lowest BCUT2D eigenvalue weighted by Gasteiger charge is -2.54. The van der Waals surface area contributed by atoms with Gasteiger partial charge in [-0.25, -0.2) is 0 Å². The molecule has 4 heterocycles. The molecule has 6 rings (SSSR count). The van der Waals surface area contributed by atoms with Crippen LogP contribution in [-0.4, -0.2) is 52.0 Å². The normalized spacial score (nSPS) is 31.9. The number of amides is 1. The average molecular weight is 390 g/mol. The minimum absolute atomic E-state index is 0.227. The lowest BCUT2D eigenvalue weighted by Crippen LogP contribution is -2.60. The highest BCUT2D eigenvalue weighted by Gasteiger charge is 2.46. The summed E-state index contributed by atoms with van der Waals surface area (Å²) in [5.74, 6) is 1.56. The summed E-state index contributed by atoms with van der Waals surface area (Å²) in [7, 11) is 2.06.